The molecule has 2 aromatic carbocycles. The molecule has 1 N–H and O–H groups in total. The van der Waals surface area contributed by atoms with Crippen molar-refractivity contribution in [2.45, 2.75) is 26.7 Å². The average molecular weight is 371 g/mol. The summed E-state index contributed by atoms with van der Waals surface area (Å²) in [5.74, 6) is -0.559. The second kappa shape index (κ2) is 10.2. The molecule has 144 valence electrons. The first kappa shape index (κ1) is 20.3. The summed E-state index contributed by atoms with van der Waals surface area (Å²) in [5, 5.41) is 8.79. The van der Waals surface area contributed by atoms with Crippen LogP contribution in [0.15, 0.2) is 48.5 Å². The van der Waals surface area contributed by atoms with Gasteiger partial charge in [0.15, 0.2) is 18.1 Å². The minimum absolute atomic E-state index is 0.139. The van der Waals surface area contributed by atoms with Gasteiger partial charge in [-0.1, -0.05) is 31.5 Å². The Bertz CT molecular complexity index is 760. The number of hydrogen-bond acceptors (Lipinski definition) is 4. The normalized spacial score (nSPS) is 10.3. The maximum Gasteiger partial charge on any atom is 0.341 e. The number of anilines is 1. The number of aliphatic carboxylic acids is 1. The molecule has 27 heavy (non-hydrogen) atoms. The number of carboxylic acids is 1. The smallest absolute Gasteiger partial charge is 0.341 e. The highest BCUT2D eigenvalue weighted by atomic mass is 16.5. The summed E-state index contributed by atoms with van der Waals surface area (Å²) < 4.78 is 10.8. The van der Waals surface area contributed by atoms with Crippen molar-refractivity contribution >= 4 is 17.6 Å². The van der Waals surface area contributed by atoms with Gasteiger partial charge in [0.25, 0.3) is 5.91 Å². The van der Waals surface area contributed by atoms with Crippen LogP contribution >= 0.6 is 0 Å². The van der Waals surface area contributed by atoms with Crippen LogP contribution in [0.25, 0.3) is 0 Å². The quantitative estimate of drug-likeness (QED) is 0.683. The molecule has 6 nitrogen and oxygen atoms in total. The highest BCUT2D eigenvalue weighted by Gasteiger charge is 2.19. The van der Waals surface area contributed by atoms with Gasteiger partial charge in [0, 0.05) is 17.8 Å². The topological polar surface area (TPSA) is 76.1 Å². The summed E-state index contributed by atoms with van der Waals surface area (Å²) in [7, 11) is 0. The molecule has 0 radical (unpaired) electrons. The Morgan fingerprint density at radius 3 is 2.37 bits per heavy atom. The number of para-hydroxylation sites is 1. The Hall–Kier alpha value is -3.02. The molecule has 0 bridgehead atoms. The van der Waals surface area contributed by atoms with Gasteiger partial charge >= 0.3 is 5.97 Å². The first-order chi connectivity index (χ1) is 13.1. The molecule has 0 saturated heterocycles. The Balaban J connectivity index is 2.31. The molecule has 0 heterocycles. The molecule has 0 unspecified atom stereocenters. The zero-order chi connectivity index (χ0) is 19.6. The molecular formula is C21H25NO5. The number of benzene rings is 2. The molecule has 1 amide bonds. The lowest BCUT2D eigenvalue weighted by molar-refractivity contribution is -0.139. The Morgan fingerprint density at radius 1 is 1.00 bits per heavy atom. The SMILES string of the molecule is CCCCN(C(=O)c1ccc(OCC(=O)O)c(OCC)c1)c1ccccc1. The van der Waals surface area contributed by atoms with Crippen LogP contribution in [0.4, 0.5) is 5.69 Å². The third kappa shape index (κ3) is 5.74. The summed E-state index contributed by atoms with van der Waals surface area (Å²) >= 11 is 0. The lowest BCUT2D eigenvalue weighted by atomic mass is 10.1. The van der Waals surface area contributed by atoms with Gasteiger partial charge in [-0.3, -0.25) is 4.79 Å². The van der Waals surface area contributed by atoms with Gasteiger partial charge in [0.2, 0.25) is 0 Å². The largest absolute Gasteiger partial charge is 0.490 e. The van der Waals surface area contributed by atoms with E-state index in [2.05, 4.69) is 6.92 Å². The summed E-state index contributed by atoms with van der Waals surface area (Å²) in [6.07, 6.45) is 1.86. The summed E-state index contributed by atoms with van der Waals surface area (Å²) in [5.41, 5.74) is 1.29. The summed E-state index contributed by atoms with van der Waals surface area (Å²) in [6.45, 7) is 4.41. The fourth-order valence-electron chi connectivity index (χ4n) is 2.60. The van der Waals surface area contributed by atoms with Gasteiger partial charge in [-0.25, -0.2) is 4.79 Å². The molecule has 0 aliphatic rings. The van der Waals surface area contributed by atoms with Crippen LogP contribution in [-0.2, 0) is 4.79 Å². The zero-order valence-electron chi connectivity index (χ0n) is 15.7. The van der Waals surface area contributed by atoms with Gasteiger partial charge in [-0.05, 0) is 43.7 Å². The van der Waals surface area contributed by atoms with Crippen LogP contribution in [0.3, 0.4) is 0 Å². The predicted molar refractivity (Wildman–Crippen MR) is 104 cm³/mol. The van der Waals surface area contributed by atoms with E-state index in [9.17, 15) is 9.59 Å². The zero-order valence-corrected chi connectivity index (χ0v) is 15.7. The van der Waals surface area contributed by atoms with Gasteiger partial charge in [0.1, 0.15) is 0 Å². The minimum Gasteiger partial charge on any atom is -0.490 e. The first-order valence-corrected chi connectivity index (χ1v) is 9.05. The third-order valence-electron chi connectivity index (χ3n) is 3.89. The molecule has 0 fully saturated rings. The molecule has 0 saturated carbocycles. The van der Waals surface area contributed by atoms with Crippen molar-refractivity contribution in [3.63, 3.8) is 0 Å². The van der Waals surface area contributed by atoms with Crippen LogP contribution < -0.4 is 14.4 Å². The highest BCUT2D eigenvalue weighted by molar-refractivity contribution is 6.06. The van der Waals surface area contributed by atoms with E-state index >= 15 is 0 Å². The van der Waals surface area contributed by atoms with E-state index in [-0.39, 0.29) is 5.91 Å². The Labute approximate surface area is 159 Å². The molecule has 0 aromatic heterocycles. The first-order valence-electron chi connectivity index (χ1n) is 9.05. The third-order valence-corrected chi connectivity index (χ3v) is 3.89. The lowest BCUT2D eigenvalue weighted by Gasteiger charge is -2.23. The number of unbranched alkanes of at least 4 members (excludes halogenated alkanes) is 1. The summed E-state index contributed by atoms with van der Waals surface area (Å²) in [6, 6.07) is 14.3. The molecule has 2 rings (SSSR count). The fraction of sp³-hybridized carbons (Fsp3) is 0.333. The van der Waals surface area contributed by atoms with E-state index in [1.54, 1.807) is 23.1 Å². The van der Waals surface area contributed by atoms with Crippen LogP contribution in [0, 0.1) is 0 Å². The summed E-state index contributed by atoms with van der Waals surface area (Å²) in [4.78, 5) is 25.6. The molecule has 2 aromatic rings. The van der Waals surface area contributed by atoms with E-state index in [4.69, 9.17) is 14.6 Å². The maximum absolute atomic E-state index is 13.1. The van der Waals surface area contributed by atoms with E-state index in [1.165, 1.54) is 0 Å². The van der Waals surface area contributed by atoms with E-state index in [0.29, 0.717) is 30.2 Å². The number of rotatable bonds is 10. The number of ether oxygens (including phenoxy) is 2. The molecule has 0 atom stereocenters. The number of nitrogens with zero attached hydrogens (tertiary/aromatic N) is 1. The molecular weight excluding hydrogens is 346 g/mol. The van der Waals surface area contributed by atoms with Crippen LogP contribution in [0.2, 0.25) is 0 Å². The van der Waals surface area contributed by atoms with Crippen molar-refractivity contribution in [2.75, 3.05) is 24.7 Å². The van der Waals surface area contributed by atoms with Crippen LogP contribution in [0.1, 0.15) is 37.0 Å². The van der Waals surface area contributed by atoms with Gasteiger partial charge < -0.3 is 19.5 Å². The van der Waals surface area contributed by atoms with Gasteiger partial charge in [-0.15, -0.1) is 0 Å². The number of amides is 1. The fourth-order valence-corrected chi connectivity index (χ4v) is 2.60. The second-order valence-electron chi connectivity index (χ2n) is 5.92. The minimum atomic E-state index is -1.08. The van der Waals surface area contributed by atoms with E-state index < -0.39 is 12.6 Å². The number of hydrogen-bond donors (Lipinski definition) is 1. The predicted octanol–water partition coefficient (Wildman–Crippen LogP) is 4.00. The van der Waals surface area contributed by atoms with Crippen molar-refractivity contribution in [1.29, 1.82) is 0 Å². The van der Waals surface area contributed by atoms with Crippen molar-refractivity contribution in [1.82, 2.24) is 0 Å². The van der Waals surface area contributed by atoms with Crippen molar-refractivity contribution < 1.29 is 24.2 Å². The Kier molecular flexibility index (Phi) is 7.67. The number of carboxylic acid groups (broad SMARTS) is 1. The van der Waals surface area contributed by atoms with E-state index in [0.717, 1.165) is 18.5 Å². The van der Waals surface area contributed by atoms with Crippen LogP contribution in [-0.4, -0.2) is 36.7 Å². The van der Waals surface area contributed by atoms with E-state index in [1.807, 2.05) is 37.3 Å². The molecule has 0 aliphatic heterocycles. The van der Waals surface area contributed by atoms with Crippen LogP contribution in [0.5, 0.6) is 11.5 Å². The van der Waals surface area contributed by atoms with Crippen molar-refractivity contribution in [2.24, 2.45) is 0 Å². The Morgan fingerprint density at radius 2 is 1.74 bits per heavy atom. The lowest BCUT2D eigenvalue weighted by Crippen LogP contribution is -2.31. The van der Waals surface area contributed by atoms with Crippen molar-refractivity contribution in [3.05, 3.63) is 54.1 Å². The molecule has 6 heteroatoms. The monoisotopic (exact) mass is 371 g/mol. The van der Waals surface area contributed by atoms with Gasteiger partial charge in [0.05, 0.1) is 6.61 Å². The van der Waals surface area contributed by atoms with Gasteiger partial charge in [-0.2, -0.15) is 0 Å². The standard InChI is InChI=1S/C21H25NO5/c1-3-5-13-22(17-9-7-6-8-10-17)21(25)16-11-12-18(27-15-20(23)24)19(14-16)26-4-2/h6-12,14H,3-5,13,15H2,1-2H3,(H,23,24). The average Bonchev–Trinajstić information content (AvgIpc) is 2.68. The number of carbonyl (C=O) groups excluding carboxylic acids is 1. The molecule has 0 aliphatic carbocycles. The highest BCUT2D eigenvalue weighted by Crippen LogP contribution is 2.30. The maximum atomic E-state index is 13.1. The number of carbonyl (C=O) groups is 2. The van der Waals surface area contributed by atoms with Crippen molar-refractivity contribution in [3.8, 4) is 11.5 Å². The second-order valence-corrected chi connectivity index (χ2v) is 5.92. The molecule has 0 spiro atoms.